The number of sulfonamides is 1. The van der Waals surface area contributed by atoms with Crippen LogP contribution in [0.1, 0.15) is 33.3 Å². The lowest BCUT2D eigenvalue weighted by atomic mass is 10.1. The Morgan fingerprint density at radius 3 is 2.34 bits per heavy atom. The summed E-state index contributed by atoms with van der Waals surface area (Å²) in [6.45, 7) is 1.86. The number of ether oxygens (including phenoxy) is 2. The van der Waals surface area contributed by atoms with Crippen LogP contribution >= 0.6 is 0 Å². The van der Waals surface area contributed by atoms with E-state index in [1.54, 1.807) is 54.6 Å². The Kier molecular flexibility index (Phi) is 8.25. The molecule has 0 fully saturated rings. The smallest absolute Gasteiger partial charge is 0.339 e. The van der Waals surface area contributed by atoms with Gasteiger partial charge in [-0.15, -0.1) is 0 Å². The number of anilines is 1. The summed E-state index contributed by atoms with van der Waals surface area (Å²) in [4.78, 5) is 26.2. The molecule has 1 heterocycles. The van der Waals surface area contributed by atoms with Gasteiger partial charge in [-0.2, -0.15) is 0 Å². The van der Waals surface area contributed by atoms with Gasteiger partial charge in [0.15, 0.2) is 0 Å². The van der Waals surface area contributed by atoms with Gasteiger partial charge in [0.2, 0.25) is 16.1 Å². The van der Waals surface area contributed by atoms with Crippen molar-refractivity contribution in [1.29, 1.82) is 0 Å². The number of furan rings is 1. The number of nitrogens with one attached hydrogen (secondary N) is 2. The van der Waals surface area contributed by atoms with Crippen molar-refractivity contribution in [3.05, 3.63) is 114 Å². The average molecular weight is 535 g/mol. The summed E-state index contributed by atoms with van der Waals surface area (Å²) in [5.41, 5.74) is 1.89. The van der Waals surface area contributed by atoms with E-state index in [0.717, 1.165) is 5.56 Å². The number of rotatable bonds is 10. The lowest BCUT2D eigenvalue weighted by molar-refractivity contribution is -0.125. The zero-order valence-corrected chi connectivity index (χ0v) is 21.5. The van der Waals surface area contributed by atoms with Gasteiger partial charge in [0.1, 0.15) is 11.5 Å². The molecular weight excluding hydrogens is 508 g/mol. The van der Waals surface area contributed by atoms with Crippen LogP contribution in [0.3, 0.4) is 0 Å². The first kappa shape index (κ1) is 26.6. The van der Waals surface area contributed by atoms with E-state index < -0.39 is 28.0 Å². The number of carbonyl (C=O) groups excluding carboxylic acids is 2. The molecule has 0 aliphatic carbocycles. The van der Waals surface area contributed by atoms with Crippen LogP contribution in [0, 0.1) is 6.92 Å². The van der Waals surface area contributed by atoms with E-state index in [0.29, 0.717) is 22.8 Å². The number of esters is 1. The third kappa shape index (κ3) is 6.47. The number of benzene rings is 3. The highest BCUT2D eigenvalue weighted by atomic mass is 32.2. The molecule has 2 N–H and O–H groups in total. The molecule has 4 aromatic rings. The van der Waals surface area contributed by atoms with Crippen molar-refractivity contribution in [2.75, 3.05) is 12.4 Å². The summed E-state index contributed by atoms with van der Waals surface area (Å²) < 4.78 is 43.7. The number of aryl methyl sites for hydroxylation is 1. The summed E-state index contributed by atoms with van der Waals surface area (Å²) in [7, 11) is -2.35. The van der Waals surface area contributed by atoms with E-state index in [9.17, 15) is 18.0 Å². The highest BCUT2D eigenvalue weighted by Gasteiger charge is 2.27. The van der Waals surface area contributed by atoms with Crippen LogP contribution in [0.5, 0.6) is 5.75 Å². The Balaban J connectivity index is 1.51. The van der Waals surface area contributed by atoms with Crippen molar-refractivity contribution in [2.24, 2.45) is 0 Å². The Hall–Kier alpha value is -4.41. The van der Waals surface area contributed by atoms with Gasteiger partial charge in [-0.25, -0.2) is 17.9 Å². The summed E-state index contributed by atoms with van der Waals surface area (Å²) >= 11 is 0. The molecule has 1 amide bonds. The fourth-order valence-corrected chi connectivity index (χ4v) is 4.62. The summed E-state index contributed by atoms with van der Waals surface area (Å²) in [5, 5.41) is 2.78. The topological polar surface area (TPSA) is 124 Å². The Bertz CT molecular complexity index is 1500. The molecule has 1 atom stereocenters. The Morgan fingerprint density at radius 1 is 0.947 bits per heavy atom. The molecular formula is C28H26N2O7S. The average Bonchev–Trinajstić information content (AvgIpc) is 3.45. The molecule has 196 valence electrons. The fourth-order valence-electron chi connectivity index (χ4n) is 3.63. The predicted octanol–water partition coefficient (Wildman–Crippen LogP) is 4.61. The highest BCUT2D eigenvalue weighted by molar-refractivity contribution is 7.89. The zero-order valence-electron chi connectivity index (χ0n) is 20.7. The van der Waals surface area contributed by atoms with Crippen molar-refractivity contribution in [2.45, 2.75) is 24.5 Å². The van der Waals surface area contributed by atoms with Crippen molar-refractivity contribution >= 4 is 27.6 Å². The molecule has 0 unspecified atom stereocenters. The molecule has 0 saturated carbocycles. The quantitative estimate of drug-likeness (QED) is 0.285. The normalized spacial score (nSPS) is 11.9. The molecule has 1 aromatic heterocycles. The molecule has 10 heteroatoms. The number of amides is 1. The number of methoxy groups -OCH3 is 1. The van der Waals surface area contributed by atoms with Gasteiger partial charge in [-0.3, -0.25) is 4.79 Å². The maximum atomic E-state index is 13.3. The maximum absolute atomic E-state index is 13.3. The monoisotopic (exact) mass is 534 g/mol. The summed E-state index contributed by atoms with van der Waals surface area (Å²) in [6, 6.07) is 22.4. The Labute approximate surface area is 220 Å². The lowest BCUT2D eigenvalue weighted by Gasteiger charge is -2.19. The lowest BCUT2D eigenvalue weighted by Crippen LogP contribution is -2.26. The van der Waals surface area contributed by atoms with Crippen molar-refractivity contribution < 1.29 is 31.9 Å². The van der Waals surface area contributed by atoms with Gasteiger partial charge in [-0.05, 0) is 61.0 Å². The second-order valence-corrected chi connectivity index (χ2v) is 10.1. The van der Waals surface area contributed by atoms with E-state index in [4.69, 9.17) is 13.9 Å². The molecule has 3 aromatic carbocycles. The van der Waals surface area contributed by atoms with Crippen LogP contribution in [0.2, 0.25) is 0 Å². The maximum Gasteiger partial charge on any atom is 0.339 e. The largest absolute Gasteiger partial charge is 0.495 e. The first-order chi connectivity index (χ1) is 18.3. The minimum atomic E-state index is -3.84. The van der Waals surface area contributed by atoms with E-state index >= 15 is 0 Å². The molecule has 0 aliphatic heterocycles. The van der Waals surface area contributed by atoms with E-state index in [1.165, 1.54) is 37.6 Å². The standard InChI is InChI=1S/C28H26N2O7S/c1-19-10-15-25(35-2)24(17-19)30-27(31)26(20-7-4-3-5-8-20)37-28(32)21-11-13-23(14-12-21)38(33,34)29-18-22-9-6-16-36-22/h3-17,26,29H,18H2,1-2H3,(H,30,31)/t26-/m1/s1. The SMILES string of the molecule is COc1ccc(C)cc1NC(=O)[C@H](OC(=O)c1ccc(S(=O)(=O)NCc2ccco2)cc1)c1ccccc1. The van der Waals surface area contributed by atoms with E-state index in [2.05, 4.69) is 10.0 Å². The van der Waals surface area contributed by atoms with E-state index in [1.807, 2.05) is 13.0 Å². The minimum Gasteiger partial charge on any atom is -0.495 e. The molecule has 0 spiro atoms. The van der Waals surface area contributed by atoms with Crippen LogP contribution < -0.4 is 14.8 Å². The molecule has 38 heavy (non-hydrogen) atoms. The second-order valence-electron chi connectivity index (χ2n) is 8.32. The minimum absolute atomic E-state index is 0.0152. The van der Waals surface area contributed by atoms with E-state index in [-0.39, 0.29) is 17.0 Å². The zero-order chi connectivity index (χ0) is 27.1. The second kappa shape index (κ2) is 11.8. The first-order valence-corrected chi connectivity index (χ1v) is 13.1. The van der Waals surface area contributed by atoms with Gasteiger partial charge in [0.25, 0.3) is 5.91 Å². The number of hydrogen-bond acceptors (Lipinski definition) is 7. The van der Waals surface area contributed by atoms with Crippen LogP contribution in [0.15, 0.2) is 101 Å². The number of carbonyl (C=O) groups is 2. The van der Waals surface area contributed by atoms with Gasteiger partial charge in [0.05, 0.1) is 36.1 Å². The fraction of sp³-hybridized carbons (Fsp3) is 0.143. The molecule has 0 aliphatic rings. The van der Waals surface area contributed by atoms with Gasteiger partial charge in [-0.1, -0.05) is 36.4 Å². The van der Waals surface area contributed by atoms with Crippen LogP contribution in [-0.4, -0.2) is 27.4 Å². The molecule has 9 nitrogen and oxygen atoms in total. The first-order valence-electron chi connectivity index (χ1n) is 11.6. The van der Waals surface area contributed by atoms with Gasteiger partial charge >= 0.3 is 5.97 Å². The van der Waals surface area contributed by atoms with Crippen molar-refractivity contribution in [1.82, 2.24) is 4.72 Å². The van der Waals surface area contributed by atoms with Crippen molar-refractivity contribution in [3.8, 4) is 5.75 Å². The third-order valence-electron chi connectivity index (χ3n) is 5.60. The van der Waals surface area contributed by atoms with Gasteiger partial charge in [0, 0.05) is 5.56 Å². The highest BCUT2D eigenvalue weighted by Crippen LogP contribution is 2.28. The Morgan fingerprint density at radius 2 is 1.68 bits per heavy atom. The molecule has 0 radical (unpaired) electrons. The van der Waals surface area contributed by atoms with Gasteiger partial charge < -0.3 is 19.2 Å². The molecule has 0 bridgehead atoms. The van der Waals surface area contributed by atoms with Crippen molar-refractivity contribution in [3.63, 3.8) is 0 Å². The van der Waals surface area contributed by atoms with Crippen LogP contribution in [-0.2, 0) is 26.1 Å². The molecule has 0 saturated heterocycles. The summed E-state index contributed by atoms with van der Waals surface area (Å²) in [5.74, 6) is -0.450. The predicted molar refractivity (Wildman–Crippen MR) is 140 cm³/mol. The number of hydrogen-bond donors (Lipinski definition) is 2. The molecule has 4 rings (SSSR count). The summed E-state index contributed by atoms with van der Waals surface area (Å²) in [6.07, 6.45) is 0.178. The third-order valence-corrected chi connectivity index (χ3v) is 7.01. The van der Waals surface area contributed by atoms with Crippen LogP contribution in [0.4, 0.5) is 5.69 Å². The van der Waals surface area contributed by atoms with Crippen LogP contribution in [0.25, 0.3) is 0 Å².